The van der Waals surface area contributed by atoms with E-state index in [4.69, 9.17) is 4.74 Å². The largest absolute Gasteiger partial charge is 0.579 e. The summed E-state index contributed by atoms with van der Waals surface area (Å²) in [7, 11) is 0. The topological polar surface area (TPSA) is 44.7 Å². The second-order valence-electron chi connectivity index (χ2n) is 5.90. The molecule has 24 heavy (non-hydrogen) atoms. The van der Waals surface area contributed by atoms with Crippen LogP contribution in [0.5, 0.6) is 5.75 Å². The smallest absolute Gasteiger partial charge is 0.0633 e. The Labute approximate surface area is 145 Å². The molecule has 0 aromatic heterocycles. The quantitative estimate of drug-likeness (QED) is 0.493. The molecule has 1 aromatic rings. The molecule has 0 unspecified atom stereocenters. The van der Waals surface area contributed by atoms with Gasteiger partial charge in [0.25, 0.3) is 0 Å². The van der Waals surface area contributed by atoms with E-state index in [1.165, 1.54) is 32.1 Å². The first-order chi connectivity index (χ1) is 11.8. The van der Waals surface area contributed by atoms with Gasteiger partial charge in [-0.2, -0.15) is 0 Å². The molecule has 3 heteroatoms. The summed E-state index contributed by atoms with van der Waals surface area (Å²) in [6.07, 6.45) is 14.9. The summed E-state index contributed by atoms with van der Waals surface area (Å²) in [5, 5.41) is 12.1. The number of benzene rings is 1. The highest BCUT2D eigenvalue weighted by atomic mass is 16.6. The maximum atomic E-state index is 12.1. The molecule has 0 radical (unpaired) electrons. The average molecular weight is 324 g/mol. The van der Waals surface area contributed by atoms with Gasteiger partial charge in [0, 0.05) is 12.3 Å². The maximum absolute atomic E-state index is 12.1. The zero-order valence-electron chi connectivity index (χ0n) is 14.4. The fourth-order valence-electron chi connectivity index (χ4n) is 2.46. The summed E-state index contributed by atoms with van der Waals surface area (Å²) < 4.78 is 5.32. The summed E-state index contributed by atoms with van der Waals surface area (Å²) in [5.74, 6) is 0.211. The summed E-state index contributed by atoms with van der Waals surface area (Å²) in [5.41, 5.74) is 1.46. The molecule has 0 atom stereocenters. The third-order valence-corrected chi connectivity index (χ3v) is 3.86. The van der Waals surface area contributed by atoms with E-state index in [9.17, 15) is 5.11 Å². The molecule has 0 heterocycles. The van der Waals surface area contributed by atoms with E-state index in [2.05, 4.69) is 11.9 Å². The van der Waals surface area contributed by atoms with Crippen LogP contribution in [0, 0.1) is 0 Å². The summed E-state index contributed by atoms with van der Waals surface area (Å²) in [6, 6.07) is 9.10. The summed E-state index contributed by atoms with van der Waals surface area (Å²) >= 11 is 0. The van der Waals surface area contributed by atoms with Gasteiger partial charge < -0.3 is 9.84 Å². The molecule has 0 aliphatic heterocycles. The molecule has 0 N–H and O–H groups in total. The molecule has 0 spiro atoms. The van der Waals surface area contributed by atoms with Gasteiger partial charge >= 0.3 is 0 Å². The number of unbranched alkanes of at least 4 members (excludes halogenated alkanes) is 5. The predicted molar refractivity (Wildman–Crippen MR) is 98.1 cm³/mol. The van der Waals surface area contributed by atoms with E-state index in [-0.39, 0.29) is 5.95 Å². The minimum Gasteiger partial charge on any atom is -0.579 e. The van der Waals surface area contributed by atoms with Crippen molar-refractivity contribution in [1.82, 2.24) is 0 Å². The monoisotopic (exact) mass is 324 g/mol. The number of rotatable bonds is 9. The number of aliphatic imine (C=N–C) groups is 1. The molecule has 0 fully saturated rings. The van der Waals surface area contributed by atoms with E-state index in [1.54, 1.807) is 24.3 Å². The van der Waals surface area contributed by atoms with Crippen LogP contribution >= 0.6 is 0 Å². The number of allylic oxidation sites excluding steroid dienone is 5. The Balaban J connectivity index is 1.77. The molecule has 0 amide bonds. The molecule has 0 bridgehead atoms. The number of hydrogen-bond acceptors (Lipinski definition) is 3. The lowest BCUT2D eigenvalue weighted by Gasteiger charge is -2.18. The highest BCUT2D eigenvalue weighted by molar-refractivity contribution is 6.05. The first kappa shape index (κ1) is 18.1. The zero-order valence-corrected chi connectivity index (χ0v) is 14.4. The van der Waals surface area contributed by atoms with Crippen LogP contribution in [-0.4, -0.2) is 12.3 Å². The maximum Gasteiger partial charge on any atom is 0.0633 e. The van der Waals surface area contributed by atoms with Crippen LogP contribution in [0.2, 0.25) is 0 Å². The third-order valence-electron chi connectivity index (χ3n) is 3.86. The van der Waals surface area contributed by atoms with E-state index >= 15 is 0 Å². The van der Waals surface area contributed by atoms with Gasteiger partial charge in [-0.25, -0.2) is 0 Å². The average Bonchev–Trinajstić information content (AvgIpc) is 2.62. The van der Waals surface area contributed by atoms with Crippen molar-refractivity contribution in [2.24, 2.45) is 4.99 Å². The molecule has 1 aliphatic rings. The lowest BCUT2D eigenvalue weighted by atomic mass is 10.1. The van der Waals surface area contributed by atoms with E-state index in [0.717, 1.165) is 18.7 Å². The van der Waals surface area contributed by atoms with Crippen LogP contribution in [0.4, 0.5) is 0 Å². The number of ether oxygens (including phenoxy) is 1. The van der Waals surface area contributed by atoms with Crippen LogP contribution in [0.3, 0.4) is 0 Å². The summed E-state index contributed by atoms with van der Waals surface area (Å²) in [6.45, 7) is 3.08. The summed E-state index contributed by atoms with van der Waals surface area (Å²) in [4.78, 5) is 4.56. The van der Waals surface area contributed by atoms with Crippen molar-refractivity contribution < 1.29 is 9.84 Å². The van der Waals surface area contributed by atoms with Gasteiger partial charge in [0.1, 0.15) is 0 Å². The fourth-order valence-corrected chi connectivity index (χ4v) is 2.46. The van der Waals surface area contributed by atoms with E-state index in [1.807, 2.05) is 30.4 Å². The molecular formula is C21H26NO2-. The van der Waals surface area contributed by atoms with Crippen molar-refractivity contribution in [3.63, 3.8) is 0 Å². The van der Waals surface area contributed by atoms with Gasteiger partial charge in [-0.15, -0.1) is 0 Å². The van der Waals surface area contributed by atoms with Crippen molar-refractivity contribution in [2.45, 2.75) is 45.4 Å². The molecule has 1 aromatic carbocycles. The molecule has 1 aliphatic carbocycles. The van der Waals surface area contributed by atoms with Gasteiger partial charge in [0.05, 0.1) is 11.7 Å². The second-order valence-corrected chi connectivity index (χ2v) is 5.90. The molecule has 3 nitrogen and oxygen atoms in total. The highest BCUT2D eigenvalue weighted by Gasteiger charge is 2.00. The highest BCUT2D eigenvalue weighted by Crippen LogP contribution is 2.15. The first-order valence-electron chi connectivity index (χ1n) is 8.84. The standard InChI is InChI=1S/C21H27NO2/c1-2-3-4-5-6-10-17-22-19-15-13-18(14-16-19)21(23)24-20-11-8-7-9-12-20/h7-9,11-16,23H,2-6,10,17H2,1H3/p-1. The predicted octanol–water partition coefficient (Wildman–Crippen LogP) is 4.56. The number of nitrogens with zero attached hydrogens (tertiary/aromatic N) is 1. The van der Waals surface area contributed by atoms with Crippen molar-refractivity contribution in [1.29, 1.82) is 0 Å². The lowest BCUT2D eigenvalue weighted by Crippen LogP contribution is -2.14. The van der Waals surface area contributed by atoms with Crippen LogP contribution in [0.1, 0.15) is 45.4 Å². The van der Waals surface area contributed by atoms with Gasteiger partial charge in [0.2, 0.25) is 0 Å². The minimum absolute atomic E-state index is 0.344. The van der Waals surface area contributed by atoms with E-state index in [0.29, 0.717) is 11.3 Å². The van der Waals surface area contributed by atoms with Crippen LogP contribution in [0.15, 0.2) is 71.1 Å². The molecule has 0 saturated heterocycles. The Hall–Kier alpha value is -2.29. The Morgan fingerprint density at radius 2 is 1.58 bits per heavy atom. The minimum atomic E-state index is -0.344. The first-order valence-corrected chi connectivity index (χ1v) is 8.84. The zero-order chi connectivity index (χ0) is 17.0. The Bertz CT molecular complexity index is 594. The number of hydrogen-bond donors (Lipinski definition) is 0. The molecule has 0 saturated carbocycles. The lowest BCUT2D eigenvalue weighted by molar-refractivity contribution is -0.343. The van der Waals surface area contributed by atoms with E-state index < -0.39 is 0 Å². The van der Waals surface area contributed by atoms with Gasteiger partial charge in [0.15, 0.2) is 0 Å². The normalized spacial score (nSPS) is 13.2. The number of para-hydroxylation sites is 1. The molecule has 128 valence electrons. The van der Waals surface area contributed by atoms with Crippen LogP contribution < -0.4 is 9.84 Å². The van der Waals surface area contributed by atoms with Gasteiger partial charge in [-0.05, 0) is 36.3 Å². The fraction of sp³-hybridized carbons (Fsp3) is 0.381. The Morgan fingerprint density at radius 3 is 2.29 bits per heavy atom. The van der Waals surface area contributed by atoms with Crippen molar-refractivity contribution in [3.05, 3.63) is 66.2 Å². The van der Waals surface area contributed by atoms with Crippen molar-refractivity contribution in [2.75, 3.05) is 6.54 Å². The third kappa shape index (κ3) is 6.45. The second kappa shape index (κ2) is 10.5. The Kier molecular flexibility index (Phi) is 7.88. The van der Waals surface area contributed by atoms with Crippen LogP contribution in [-0.2, 0) is 0 Å². The van der Waals surface area contributed by atoms with Crippen molar-refractivity contribution >= 4 is 5.71 Å². The SMILES string of the molecule is CCCCCCCCN=C1C=CC(=C([O-])Oc2ccccc2)C=C1. The molecular weight excluding hydrogens is 298 g/mol. The Morgan fingerprint density at radius 1 is 0.917 bits per heavy atom. The van der Waals surface area contributed by atoms with Crippen molar-refractivity contribution in [3.8, 4) is 5.75 Å². The molecule has 2 rings (SSSR count). The van der Waals surface area contributed by atoms with Gasteiger partial charge in [-0.1, -0.05) is 69.4 Å². The van der Waals surface area contributed by atoms with Gasteiger partial charge in [-0.3, -0.25) is 4.99 Å². The van der Waals surface area contributed by atoms with Crippen LogP contribution in [0.25, 0.3) is 0 Å².